The van der Waals surface area contributed by atoms with E-state index in [2.05, 4.69) is 10.3 Å². The molecular weight excluding hydrogens is 335 g/mol. The second-order valence-corrected chi connectivity index (χ2v) is 6.38. The van der Waals surface area contributed by atoms with Gasteiger partial charge in [-0.05, 0) is 44.5 Å². The fraction of sp³-hybridized carbons (Fsp3) is 0.211. The molecule has 4 rings (SSSR count). The second kappa shape index (κ2) is 5.94. The molecule has 4 aromatic rings. The Bertz CT molecular complexity index is 1090. The molecule has 0 atom stereocenters. The molecule has 0 aliphatic heterocycles. The van der Waals surface area contributed by atoms with Gasteiger partial charge in [0.25, 0.3) is 0 Å². The van der Waals surface area contributed by atoms with Crippen LogP contribution in [0.4, 0.5) is 4.39 Å². The number of pyridine rings is 1. The molecule has 0 radical (unpaired) electrons. The van der Waals surface area contributed by atoms with Gasteiger partial charge in [0.2, 0.25) is 6.20 Å². The molecule has 0 saturated carbocycles. The summed E-state index contributed by atoms with van der Waals surface area (Å²) in [4.78, 5) is 0. The number of hydrogen-bond donors (Lipinski definition) is 1. The average molecular weight is 353 g/mol. The van der Waals surface area contributed by atoms with Crippen LogP contribution < -0.4 is 4.73 Å². The maximum atomic E-state index is 13.1. The molecule has 132 valence electrons. The minimum absolute atomic E-state index is 0.274. The van der Waals surface area contributed by atoms with Crippen molar-refractivity contribution < 1.29 is 18.9 Å². The standard InChI is InChI=1S/C19H18FN4O2/c1-11-18(13(3)26-22-11)15-8-17-19(24(25)10-15)12(2)21-23(17)9-14-4-6-16(20)7-5-14/h4-8,10,25H,9H2,1-3H3/q+1. The van der Waals surface area contributed by atoms with Gasteiger partial charge in [0.05, 0.1) is 23.4 Å². The number of fused-ring (bicyclic) bond motifs is 1. The zero-order valence-electron chi connectivity index (χ0n) is 14.7. The predicted molar refractivity (Wildman–Crippen MR) is 92.3 cm³/mol. The summed E-state index contributed by atoms with van der Waals surface area (Å²) in [6.45, 7) is 6.00. The van der Waals surface area contributed by atoms with Crippen molar-refractivity contribution >= 4 is 11.0 Å². The van der Waals surface area contributed by atoms with E-state index in [1.807, 2.05) is 26.8 Å². The molecule has 3 heterocycles. The third kappa shape index (κ3) is 2.61. The summed E-state index contributed by atoms with van der Waals surface area (Å²) in [5.41, 5.74) is 5.41. The fourth-order valence-corrected chi connectivity index (χ4v) is 3.31. The Morgan fingerprint density at radius 3 is 2.54 bits per heavy atom. The molecule has 3 aromatic heterocycles. The van der Waals surface area contributed by atoms with E-state index in [9.17, 15) is 9.60 Å². The van der Waals surface area contributed by atoms with Crippen LogP contribution >= 0.6 is 0 Å². The van der Waals surface area contributed by atoms with Gasteiger partial charge in [0.15, 0.2) is 0 Å². The van der Waals surface area contributed by atoms with Gasteiger partial charge in [-0.15, -0.1) is 0 Å². The van der Waals surface area contributed by atoms with Crippen LogP contribution in [0.15, 0.2) is 41.1 Å². The molecule has 0 amide bonds. The number of rotatable bonds is 3. The molecule has 1 aromatic carbocycles. The van der Waals surface area contributed by atoms with Crippen molar-refractivity contribution in [1.82, 2.24) is 14.9 Å². The van der Waals surface area contributed by atoms with Gasteiger partial charge >= 0.3 is 5.52 Å². The Morgan fingerprint density at radius 1 is 1.15 bits per heavy atom. The van der Waals surface area contributed by atoms with Gasteiger partial charge in [-0.3, -0.25) is 9.89 Å². The first kappa shape index (κ1) is 16.3. The zero-order valence-corrected chi connectivity index (χ0v) is 14.7. The van der Waals surface area contributed by atoms with Gasteiger partial charge < -0.3 is 4.52 Å². The van der Waals surface area contributed by atoms with Crippen molar-refractivity contribution in [2.75, 3.05) is 0 Å². The maximum absolute atomic E-state index is 13.1. The van der Waals surface area contributed by atoms with E-state index in [-0.39, 0.29) is 5.82 Å². The molecule has 0 spiro atoms. The van der Waals surface area contributed by atoms with Crippen LogP contribution in [0.5, 0.6) is 0 Å². The van der Waals surface area contributed by atoms with Gasteiger partial charge in [0, 0.05) is 4.73 Å². The van der Waals surface area contributed by atoms with Crippen molar-refractivity contribution in [2.45, 2.75) is 27.3 Å². The SMILES string of the molecule is Cc1noc(C)c1-c1cc2c(c(C)nn2Cc2ccc(F)cc2)[n+](O)c1. The first-order valence-electron chi connectivity index (χ1n) is 8.24. The molecule has 7 heteroatoms. The summed E-state index contributed by atoms with van der Waals surface area (Å²) in [6.07, 6.45) is 1.63. The molecule has 0 aliphatic carbocycles. The number of aryl methyl sites for hydroxylation is 3. The first-order valence-corrected chi connectivity index (χ1v) is 8.24. The quantitative estimate of drug-likeness (QED) is 0.453. The monoisotopic (exact) mass is 353 g/mol. The molecule has 6 nitrogen and oxygen atoms in total. The molecule has 1 N–H and O–H groups in total. The molecule has 0 unspecified atom stereocenters. The predicted octanol–water partition coefficient (Wildman–Crippen LogP) is 3.33. The van der Waals surface area contributed by atoms with Crippen molar-refractivity contribution in [3.8, 4) is 11.1 Å². The lowest BCUT2D eigenvalue weighted by atomic mass is 10.1. The number of benzene rings is 1. The van der Waals surface area contributed by atoms with E-state index < -0.39 is 0 Å². The van der Waals surface area contributed by atoms with Crippen LogP contribution in [0.2, 0.25) is 0 Å². The Morgan fingerprint density at radius 2 is 1.88 bits per heavy atom. The Balaban J connectivity index is 1.88. The molecule has 26 heavy (non-hydrogen) atoms. The van der Waals surface area contributed by atoms with E-state index in [0.29, 0.717) is 23.5 Å². The van der Waals surface area contributed by atoms with Gasteiger partial charge in [-0.1, -0.05) is 17.3 Å². The topological polar surface area (TPSA) is 68.0 Å². The highest BCUT2D eigenvalue weighted by molar-refractivity contribution is 5.80. The lowest BCUT2D eigenvalue weighted by Crippen LogP contribution is -2.31. The fourth-order valence-electron chi connectivity index (χ4n) is 3.31. The molecule has 0 saturated heterocycles. The normalized spacial score (nSPS) is 11.4. The Labute approximate surface area is 149 Å². The lowest BCUT2D eigenvalue weighted by molar-refractivity contribution is -0.884. The van der Waals surface area contributed by atoms with E-state index >= 15 is 0 Å². The minimum atomic E-state index is -0.274. The lowest BCUT2D eigenvalue weighted by Gasteiger charge is -2.04. The largest absolute Gasteiger partial charge is 0.361 e. The van der Waals surface area contributed by atoms with Gasteiger partial charge in [-0.2, -0.15) is 5.10 Å². The smallest absolute Gasteiger partial charge is 0.305 e. The molecule has 0 bridgehead atoms. The van der Waals surface area contributed by atoms with Crippen LogP contribution in [-0.2, 0) is 6.54 Å². The van der Waals surface area contributed by atoms with Crippen LogP contribution in [0.25, 0.3) is 22.2 Å². The summed E-state index contributed by atoms with van der Waals surface area (Å²) in [5, 5.41) is 19.0. The van der Waals surface area contributed by atoms with E-state index in [0.717, 1.165) is 32.6 Å². The van der Waals surface area contributed by atoms with Gasteiger partial charge in [0.1, 0.15) is 22.8 Å². The summed E-state index contributed by atoms with van der Waals surface area (Å²) >= 11 is 0. The number of aromatic nitrogens is 4. The van der Waals surface area contributed by atoms with Crippen molar-refractivity contribution in [3.63, 3.8) is 0 Å². The summed E-state index contributed by atoms with van der Waals surface area (Å²) in [7, 11) is 0. The minimum Gasteiger partial charge on any atom is -0.361 e. The van der Waals surface area contributed by atoms with Crippen LogP contribution in [-0.4, -0.2) is 20.1 Å². The molecule has 0 aliphatic rings. The summed E-state index contributed by atoms with van der Waals surface area (Å²) < 4.78 is 21.3. The first-order chi connectivity index (χ1) is 12.4. The van der Waals surface area contributed by atoms with Crippen LogP contribution in [0.3, 0.4) is 0 Å². The summed E-state index contributed by atoms with van der Waals surface area (Å²) in [5.74, 6) is 0.410. The third-order valence-corrected chi connectivity index (χ3v) is 4.48. The van der Waals surface area contributed by atoms with Gasteiger partial charge in [-0.25, -0.2) is 4.39 Å². The Kier molecular flexibility index (Phi) is 3.72. The average Bonchev–Trinajstić information content (AvgIpc) is 3.09. The highest BCUT2D eigenvalue weighted by Crippen LogP contribution is 2.28. The van der Waals surface area contributed by atoms with Crippen molar-refractivity contribution in [2.24, 2.45) is 0 Å². The Hall–Kier alpha value is -3.22. The van der Waals surface area contributed by atoms with Crippen molar-refractivity contribution in [3.05, 3.63) is 65.1 Å². The highest BCUT2D eigenvalue weighted by atomic mass is 19.1. The van der Waals surface area contributed by atoms with E-state index in [1.54, 1.807) is 23.0 Å². The van der Waals surface area contributed by atoms with Crippen LogP contribution in [0, 0.1) is 26.6 Å². The molecular formula is C19H18FN4O2+. The second-order valence-electron chi connectivity index (χ2n) is 6.38. The molecule has 0 fully saturated rings. The van der Waals surface area contributed by atoms with E-state index in [4.69, 9.17) is 4.52 Å². The number of nitrogens with zero attached hydrogens (tertiary/aromatic N) is 4. The zero-order chi connectivity index (χ0) is 18.4. The van der Waals surface area contributed by atoms with Crippen LogP contribution in [0.1, 0.15) is 22.7 Å². The number of hydrogen-bond acceptors (Lipinski definition) is 4. The highest BCUT2D eigenvalue weighted by Gasteiger charge is 2.23. The third-order valence-electron chi connectivity index (χ3n) is 4.48. The maximum Gasteiger partial charge on any atom is 0.305 e. The number of halogens is 1. The summed E-state index contributed by atoms with van der Waals surface area (Å²) in [6, 6.07) is 8.26. The van der Waals surface area contributed by atoms with Crippen molar-refractivity contribution in [1.29, 1.82) is 0 Å². The van der Waals surface area contributed by atoms with E-state index in [1.165, 1.54) is 12.1 Å².